The minimum atomic E-state index is 0.757. The highest BCUT2D eigenvalue weighted by atomic mass is 35.5. The summed E-state index contributed by atoms with van der Waals surface area (Å²) in [5.41, 5.74) is 1.64. The number of hydrogen-bond donors (Lipinski definition) is 0. The summed E-state index contributed by atoms with van der Waals surface area (Å²) in [7, 11) is 0. The Bertz CT molecular complexity index is 592. The first kappa shape index (κ1) is 8.69. The highest BCUT2D eigenvalue weighted by molar-refractivity contribution is 6.39. The lowest BCUT2D eigenvalue weighted by molar-refractivity contribution is 0.661. The summed E-state index contributed by atoms with van der Waals surface area (Å²) in [6.45, 7) is 0. The van der Waals surface area contributed by atoms with Crippen molar-refractivity contribution in [2.24, 2.45) is 0 Å². The van der Waals surface area contributed by atoms with Crippen molar-refractivity contribution in [2.75, 3.05) is 0 Å². The molecule has 0 aliphatic carbocycles. The molecule has 0 aliphatic rings. The Kier molecular flexibility index (Phi) is 1.86. The summed E-state index contributed by atoms with van der Waals surface area (Å²) in [5, 5.41) is 2.67. The fourth-order valence-corrected chi connectivity index (χ4v) is 2.05. The van der Waals surface area contributed by atoms with E-state index in [-0.39, 0.29) is 0 Å². The predicted octanol–water partition coefficient (Wildman–Crippen LogP) is 4.52. The average Bonchev–Trinajstić information content (AvgIpc) is 2.30. The van der Waals surface area contributed by atoms with Crippen LogP contribution in [0.1, 0.15) is 0 Å². The number of rotatable bonds is 0. The van der Waals surface area contributed by atoms with E-state index in [1.807, 2.05) is 48.5 Å². The van der Waals surface area contributed by atoms with Crippen molar-refractivity contribution in [1.82, 2.24) is 0 Å². The fourth-order valence-electron chi connectivity index (χ4n) is 1.74. The molecule has 0 saturated heterocycles. The second-order valence-electron chi connectivity index (χ2n) is 3.41. The van der Waals surface area contributed by atoms with Crippen LogP contribution >= 0.6 is 11.6 Å². The molecule has 0 aliphatic heterocycles. The van der Waals surface area contributed by atoms with Gasteiger partial charge in [0.15, 0.2) is 0 Å². The summed E-state index contributed by atoms with van der Waals surface area (Å²) in [6.07, 6.45) is 0. The second-order valence-corrected chi connectivity index (χ2v) is 3.79. The van der Waals surface area contributed by atoms with Gasteiger partial charge in [-0.1, -0.05) is 35.9 Å². The zero-order valence-electron chi connectivity index (χ0n) is 7.91. The van der Waals surface area contributed by atoms with E-state index in [2.05, 4.69) is 0 Å². The van der Waals surface area contributed by atoms with Gasteiger partial charge in [-0.05, 0) is 12.1 Å². The Morgan fingerprint density at radius 3 is 1.73 bits per heavy atom. The molecule has 0 unspecified atom stereocenters. The Morgan fingerprint density at radius 2 is 1.20 bits per heavy atom. The molecule has 2 heteroatoms. The van der Waals surface area contributed by atoms with Crippen molar-refractivity contribution in [3.8, 4) is 0 Å². The highest BCUT2D eigenvalue weighted by Crippen LogP contribution is 2.31. The van der Waals surface area contributed by atoms with Crippen molar-refractivity contribution >= 4 is 33.5 Å². The molecule has 1 nitrogen and oxygen atoms in total. The lowest BCUT2D eigenvalue weighted by atomic mass is 10.1. The molecule has 72 valence electrons. The van der Waals surface area contributed by atoms with E-state index < -0.39 is 0 Å². The lowest BCUT2D eigenvalue weighted by Crippen LogP contribution is -1.78. The largest absolute Gasteiger partial charge is 0.362 e. The van der Waals surface area contributed by atoms with Crippen molar-refractivity contribution < 1.29 is 4.42 Å². The third kappa shape index (κ3) is 1.28. The van der Waals surface area contributed by atoms with Crippen LogP contribution in [0.4, 0.5) is 0 Å². The Hall–Kier alpha value is -1.60. The maximum Gasteiger partial charge on any atom is 0.362 e. The Labute approximate surface area is 91.9 Å². The number of halogens is 1. The molecule has 0 spiro atoms. The number of para-hydroxylation sites is 2. The summed E-state index contributed by atoms with van der Waals surface area (Å²) in [5.74, 6) is 0. The van der Waals surface area contributed by atoms with Crippen molar-refractivity contribution in [3.63, 3.8) is 0 Å². The number of fused-ring (bicyclic) bond motifs is 2. The van der Waals surface area contributed by atoms with E-state index in [4.69, 9.17) is 16.0 Å². The lowest BCUT2D eigenvalue weighted by Gasteiger charge is -1.95. The summed E-state index contributed by atoms with van der Waals surface area (Å²) in [6, 6.07) is 15.6. The van der Waals surface area contributed by atoms with Crippen LogP contribution in [0, 0.1) is 0 Å². The molecular formula is C13H8ClO+. The van der Waals surface area contributed by atoms with Crippen LogP contribution in [-0.2, 0) is 0 Å². The van der Waals surface area contributed by atoms with Gasteiger partial charge in [0.05, 0.1) is 15.8 Å². The fraction of sp³-hybridized carbons (Fsp3) is 0. The normalized spacial score (nSPS) is 11.0. The van der Waals surface area contributed by atoms with Gasteiger partial charge < -0.3 is 0 Å². The van der Waals surface area contributed by atoms with E-state index >= 15 is 0 Å². The van der Waals surface area contributed by atoms with Crippen LogP contribution in [0.2, 0.25) is 5.02 Å². The van der Waals surface area contributed by atoms with E-state index in [9.17, 15) is 0 Å². The maximum atomic E-state index is 6.31. The SMILES string of the molecule is Clc1c2ccccc2[o+]c2ccccc12. The zero-order valence-corrected chi connectivity index (χ0v) is 8.66. The number of hydrogen-bond acceptors (Lipinski definition) is 0. The van der Waals surface area contributed by atoms with Crippen molar-refractivity contribution in [2.45, 2.75) is 0 Å². The monoisotopic (exact) mass is 215 g/mol. The van der Waals surface area contributed by atoms with Gasteiger partial charge in [-0.25, -0.2) is 4.42 Å². The second kappa shape index (κ2) is 3.21. The van der Waals surface area contributed by atoms with Gasteiger partial charge in [0, 0.05) is 12.1 Å². The third-order valence-electron chi connectivity index (χ3n) is 2.47. The molecule has 0 radical (unpaired) electrons. The molecule has 0 saturated carbocycles. The molecular weight excluding hydrogens is 208 g/mol. The van der Waals surface area contributed by atoms with Crippen LogP contribution in [0.5, 0.6) is 0 Å². The topological polar surface area (TPSA) is 11.3 Å². The molecule has 0 fully saturated rings. The van der Waals surface area contributed by atoms with Gasteiger partial charge in [0.1, 0.15) is 0 Å². The molecule has 3 rings (SSSR count). The van der Waals surface area contributed by atoms with Gasteiger partial charge in [0.2, 0.25) is 0 Å². The van der Waals surface area contributed by atoms with Gasteiger partial charge in [-0.3, -0.25) is 0 Å². The molecule has 3 aromatic rings. The summed E-state index contributed by atoms with van der Waals surface area (Å²) < 4.78 is 5.74. The van der Waals surface area contributed by atoms with E-state index in [0.717, 1.165) is 27.0 Å². The maximum absolute atomic E-state index is 6.31. The molecule has 0 bridgehead atoms. The molecule has 1 heterocycles. The predicted molar refractivity (Wildman–Crippen MR) is 63.1 cm³/mol. The smallest absolute Gasteiger partial charge is 0.207 e. The first-order valence-electron chi connectivity index (χ1n) is 4.75. The minimum Gasteiger partial charge on any atom is -0.207 e. The van der Waals surface area contributed by atoms with Crippen molar-refractivity contribution in [3.05, 3.63) is 53.6 Å². The highest BCUT2D eigenvalue weighted by Gasteiger charge is 2.15. The van der Waals surface area contributed by atoms with Crippen LogP contribution in [0.3, 0.4) is 0 Å². The molecule has 0 N–H and O–H groups in total. The molecule has 0 atom stereocenters. The molecule has 2 aromatic carbocycles. The standard InChI is InChI=1S/C13H8ClO/c14-13-9-5-1-3-7-11(9)15-12-8-4-2-6-10(12)13/h1-8H/q+1. The van der Waals surface area contributed by atoms with Crippen molar-refractivity contribution in [1.29, 1.82) is 0 Å². The van der Waals surface area contributed by atoms with Crippen LogP contribution in [0.25, 0.3) is 21.9 Å². The van der Waals surface area contributed by atoms with Gasteiger partial charge in [-0.15, -0.1) is 0 Å². The average molecular weight is 216 g/mol. The van der Waals surface area contributed by atoms with E-state index in [1.165, 1.54) is 0 Å². The van der Waals surface area contributed by atoms with Gasteiger partial charge in [-0.2, -0.15) is 0 Å². The molecule has 15 heavy (non-hydrogen) atoms. The third-order valence-corrected chi connectivity index (χ3v) is 2.87. The van der Waals surface area contributed by atoms with Crippen LogP contribution < -0.4 is 0 Å². The molecule has 1 aromatic heterocycles. The van der Waals surface area contributed by atoms with Crippen LogP contribution in [0.15, 0.2) is 52.9 Å². The quantitative estimate of drug-likeness (QED) is 0.396. The molecule has 0 amide bonds. The Balaban J connectivity index is 2.60. The zero-order chi connectivity index (χ0) is 10.3. The first-order chi connectivity index (χ1) is 7.36. The van der Waals surface area contributed by atoms with E-state index in [1.54, 1.807) is 0 Å². The Morgan fingerprint density at radius 1 is 0.733 bits per heavy atom. The van der Waals surface area contributed by atoms with E-state index in [0.29, 0.717) is 0 Å². The summed E-state index contributed by atoms with van der Waals surface area (Å²) in [4.78, 5) is 0. The van der Waals surface area contributed by atoms with Crippen LogP contribution in [-0.4, -0.2) is 0 Å². The summed E-state index contributed by atoms with van der Waals surface area (Å²) >= 11 is 6.31. The van der Waals surface area contributed by atoms with Gasteiger partial charge >= 0.3 is 11.2 Å². The van der Waals surface area contributed by atoms with Gasteiger partial charge in [0.25, 0.3) is 0 Å². The number of benzene rings is 2. The first-order valence-corrected chi connectivity index (χ1v) is 5.13. The minimum absolute atomic E-state index is 0.757.